The van der Waals surface area contributed by atoms with E-state index in [0.717, 1.165) is 48.1 Å². The van der Waals surface area contributed by atoms with E-state index in [0.29, 0.717) is 22.7 Å². The smallest absolute Gasteiger partial charge is 0.332 e. The van der Waals surface area contributed by atoms with E-state index in [2.05, 4.69) is 70.3 Å². The van der Waals surface area contributed by atoms with Crippen LogP contribution in [0.1, 0.15) is 99.3 Å². The first-order chi connectivity index (χ1) is 16.1. The number of carbonyl (C=O) groups excluding carboxylic acids is 1. The lowest BCUT2D eigenvalue weighted by atomic mass is 9.46. The highest BCUT2D eigenvalue weighted by Crippen LogP contribution is 2.67. The Bertz CT molecular complexity index is 857. The molecule has 3 saturated carbocycles. The lowest BCUT2D eigenvalue weighted by Crippen LogP contribution is -2.51. The molecule has 4 aliphatic carbocycles. The van der Waals surface area contributed by atoms with Gasteiger partial charge < -0.3 is 5.73 Å². The van der Waals surface area contributed by atoms with Crippen molar-refractivity contribution >= 4 is 11.7 Å². The fourth-order valence-electron chi connectivity index (χ4n) is 8.97. The second-order valence-corrected chi connectivity index (χ2v) is 12.9. The largest absolute Gasteiger partial charge is 0.350 e. The average Bonchev–Trinajstić information content (AvgIpc) is 3.15. The van der Waals surface area contributed by atoms with E-state index in [1.807, 2.05) is 0 Å². The highest BCUT2D eigenvalue weighted by atomic mass is 16.2. The van der Waals surface area contributed by atoms with Crippen LogP contribution in [0.5, 0.6) is 0 Å². The first kappa shape index (κ1) is 25.5. The van der Waals surface area contributed by atoms with E-state index < -0.39 is 6.03 Å². The van der Waals surface area contributed by atoms with Crippen LogP contribution in [0, 0.1) is 52.3 Å². The van der Waals surface area contributed by atoms with Crippen molar-refractivity contribution in [2.45, 2.75) is 99.3 Å². The van der Waals surface area contributed by atoms with Crippen LogP contribution in [0.15, 0.2) is 28.9 Å². The maximum atomic E-state index is 11.1. The third kappa shape index (κ3) is 4.51. The molecule has 0 radical (unpaired) electrons. The van der Waals surface area contributed by atoms with Crippen molar-refractivity contribution in [1.82, 2.24) is 5.43 Å². The molecule has 0 heterocycles. The lowest BCUT2D eigenvalue weighted by Gasteiger charge is -2.58. The average molecular weight is 468 g/mol. The van der Waals surface area contributed by atoms with Crippen molar-refractivity contribution in [3.05, 3.63) is 23.8 Å². The van der Waals surface area contributed by atoms with Crippen LogP contribution in [0.4, 0.5) is 4.79 Å². The van der Waals surface area contributed by atoms with Crippen LogP contribution >= 0.6 is 0 Å². The van der Waals surface area contributed by atoms with E-state index in [1.54, 1.807) is 5.57 Å². The third-order valence-corrected chi connectivity index (χ3v) is 11.0. The summed E-state index contributed by atoms with van der Waals surface area (Å²) < 4.78 is 0. The predicted octanol–water partition coefficient (Wildman–Crippen LogP) is 7.46. The zero-order valence-corrected chi connectivity index (χ0v) is 22.6. The zero-order chi connectivity index (χ0) is 24.7. The van der Waals surface area contributed by atoms with E-state index in [-0.39, 0.29) is 0 Å². The number of hydrogen-bond donors (Lipinski definition) is 2. The van der Waals surface area contributed by atoms with Gasteiger partial charge in [-0.15, -0.1) is 0 Å². The summed E-state index contributed by atoms with van der Waals surface area (Å²) in [5.41, 5.74) is 11.0. The SMILES string of the molecule is CCC(C=CC(C)C1CCC2C3CCC4=CC(=NNC(N)=O)CCC4(C)C3CCC12C)C(C)C. The first-order valence-electron chi connectivity index (χ1n) is 14.1. The molecule has 0 aromatic rings. The van der Waals surface area contributed by atoms with Crippen LogP contribution in [0.2, 0.25) is 0 Å². The van der Waals surface area contributed by atoms with Gasteiger partial charge in [-0.05, 0) is 116 Å². The van der Waals surface area contributed by atoms with E-state index in [4.69, 9.17) is 5.73 Å². The highest BCUT2D eigenvalue weighted by molar-refractivity contribution is 5.97. The Balaban J connectivity index is 1.50. The van der Waals surface area contributed by atoms with Crippen molar-refractivity contribution < 1.29 is 4.79 Å². The van der Waals surface area contributed by atoms with Gasteiger partial charge in [0.25, 0.3) is 0 Å². The number of urea groups is 1. The molecule has 8 unspecified atom stereocenters. The fourth-order valence-corrected chi connectivity index (χ4v) is 8.97. The number of hydrogen-bond acceptors (Lipinski definition) is 2. The molecule has 0 bridgehead atoms. The molecule has 4 rings (SSSR count). The summed E-state index contributed by atoms with van der Waals surface area (Å²) in [5, 5.41) is 4.26. The summed E-state index contributed by atoms with van der Waals surface area (Å²) in [6.07, 6.45) is 18.8. The zero-order valence-electron chi connectivity index (χ0n) is 22.6. The van der Waals surface area contributed by atoms with Crippen molar-refractivity contribution in [3.8, 4) is 0 Å². The molecule has 3 N–H and O–H groups in total. The summed E-state index contributed by atoms with van der Waals surface area (Å²) in [4.78, 5) is 11.1. The van der Waals surface area contributed by atoms with Crippen LogP contribution < -0.4 is 11.2 Å². The Labute approximate surface area is 208 Å². The molecule has 3 fully saturated rings. The normalized spacial score (nSPS) is 40.4. The number of allylic oxidation sites excluding steroid dienone is 4. The minimum absolute atomic E-state index is 0.297. The van der Waals surface area contributed by atoms with E-state index >= 15 is 0 Å². The van der Waals surface area contributed by atoms with E-state index in [1.165, 1.54) is 44.9 Å². The molecule has 8 atom stereocenters. The second-order valence-electron chi connectivity index (χ2n) is 12.9. The standard InChI is InChI=1S/C30H49N3O/c1-7-21(19(2)3)9-8-20(4)25-12-13-26-24-11-10-22-18-23(32-33-28(31)34)14-16-29(22,5)27(24)15-17-30(25,26)6/h8-9,18-21,24-27H,7,10-17H2,1-6H3,(H3,31,33,34). The molecule has 0 aliphatic heterocycles. The number of nitrogens with two attached hydrogens (primary N) is 1. The van der Waals surface area contributed by atoms with Crippen LogP contribution in [0.3, 0.4) is 0 Å². The summed E-state index contributed by atoms with van der Waals surface area (Å²) in [6, 6.07) is -0.580. The topological polar surface area (TPSA) is 67.5 Å². The van der Waals surface area contributed by atoms with Gasteiger partial charge >= 0.3 is 6.03 Å². The minimum Gasteiger partial charge on any atom is -0.350 e. The molecule has 0 aromatic heterocycles. The Morgan fingerprint density at radius 1 is 1.12 bits per heavy atom. The van der Waals surface area contributed by atoms with Gasteiger partial charge in [0.05, 0.1) is 5.71 Å². The molecule has 190 valence electrons. The van der Waals surface area contributed by atoms with Gasteiger partial charge in [0.2, 0.25) is 0 Å². The summed E-state index contributed by atoms with van der Waals surface area (Å²) in [6.45, 7) is 14.7. The van der Waals surface area contributed by atoms with Crippen molar-refractivity contribution in [2.24, 2.45) is 63.1 Å². The predicted molar refractivity (Wildman–Crippen MR) is 142 cm³/mol. The number of nitrogens with one attached hydrogen (secondary N) is 1. The molecule has 34 heavy (non-hydrogen) atoms. The maximum Gasteiger partial charge on any atom is 0.332 e. The number of fused-ring (bicyclic) bond motifs is 5. The number of nitrogens with zero attached hydrogens (tertiary/aromatic N) is 1. The van der Waals surface area contributed by atoms with Crippen LogP contribution in [-0.2, 0) is 0 Å². The maximum absolute atomic E-state index is 11.1. The lowest BCUT2D eigenvalue weighted by molar-refractivity contribution is -0.0538. The van der Waals surface area contributed by atoms with Gasteiger partial charge in [-0.1, -0.05) is 59.3 Å². The van der Waals surface area contributed by atoms with Gasteiger partial charge in [0, 0.05) is 0 Å². The van der Waals surface area contributed by atoms with E-state index in [9.17, 15) is 4.79 Å². The molecule has 0 aromatic carbocycles. The monoisotopic (exact) mass is 467 g/mol. The molecular formula is C30H49N3O. The molecule has 4 nitrogen and oxygen atoms in total. The van der Waals surface area contributed by atoms with Crippen molar-refractivity contribution in [2.75, 3.05) is 0 Å². The second kappa shape index (κ2) is 9.82. The molecule has 4 heteroatoms. The van der Waals surface area contributed by atoms with Crippen LogP contribution in [0.25, 0.3) is 0 Å². The Hall–Kier alpha value is -1.58. The van der Waals surface area contributed by atoms with Crippen LogP contribution in [-0.4, -0.2) is 11.7 Å². The van der Waals surface area contributed by atoms with Gasteiger partial charge in [0.15, 0.2) is 0 Å². The molecule has 4 aliphatic rings. The molecule has 0 spiro atoms. The molecular weight excluding hydrogens is 418 g/mol. The Morgan fingerprint density at radius 2 is 1.88 bits per heavy atom. The first-order valence-corrected chi connectivity index (χ1v) is 14.1. The Kier molecular flexibility index (Phi) is 7.37. The Morgan fingerprint density at radius 3 is 2.56 bits per heavy atom. The van der Waals surface area contributed by atoms with Gasteiger partial charge in [0.1, 0.15) is 0 Å². The number of rotatable bonds is 6. The van der Waals surface area contributed by atoms with Gasteiger partial charge in [-0.3, -0.25) is 0 Å². The van der Waals surface area contributed by atoms with Gasteiger partial charge in [-0.25, -0.2) is 10.2 Å². The molecule has 0 saturated heterocycles. The summed E-state index contributed by atoms with van der Waals surface area (Å²) in [5.74, 6) is 5.49. The van der Waals surface area contributed by atoms with Gasteiger partial charge in [-0.2, -0.15) is 5.10 Å². The van der Waals surface area contributed by atoms with Crippen molar-refractivity contribution in [1.29, 1.82) is 0 Å². The summed E-state index contributed by atoms with van der Waals surface area (Å²) in [7, 11) is 0. The quantitative estimate of drug-likeness (QED) is 0.309. The number of amides is 2. The molecule has 2 amide bonds. The number of primary amides is 1. The fraction of sp³-hybridized carbons (Fsp3) is 0.800. The number of carbonyl (C=O) groups is 1. The highest BCUT2D eigenvalue weighted by Gasteiger charge is 2.59. The summed E-state index contributed by atoms with van der Waals surface area (Å²) >= 11 is 0. The third-order valence-electron chi connectivity index (χ3n) is 11.0. The number of hydrazone groups is 1. The minimum atomic E-state index is -0.580. The van der Waals surface area contributed by atoms with Crippen molar-refractivity contribution in [3.63, 3.8) is 0 Å².